The molecule has 128 valence electrons. The van der Waals surface area contributed by atoms with Crippen LogP contribution < -0.4 is 4.74 Å². The number of halogens is 3. The third-order valence-electron chi connectivity index (χ3n) is 3.33. The standard InChI is InChI=1S/C15H9F3N4OS2/c16-15(17,18)23-10-5-3-9(4-6-10)11-8-25-14-20-19-13(22(14)21-11)12-2-1-7-24-12/h1-7H,8H2. The highest BCUT2D eigenvalue weighted by molar-refractivity contribution is 7.99. The lowest BCUT2D eigenvalue weighted by Gasteiger charge is -2.14. The van der Waals surface area contributed by atoms with Crippen LogP contribution in [0.15, 0.2) is 52.0 Å². The summed E-state index contributed by atoms with van der Waals surface area (Å²) in [6.45, 7) is 0. The van der Waals surface area contributed by atoms with E-state index in [1.54, 1.807) is 16.8 Å². The largest absolute Gasteiger partial charge is 0.573 e. The van der Waals surface area contributed by atoms with Crippen LogP contribution in [0.5, 0.6) is 5.75 Å². The molecule has 0 unspecified atom stereocenters. The van der Waals surface area contributed by atoms with E-state index < -0.39 is 6.36 Å². The van der Waals surface area contributed by atoms with Gasteiger partial charge in [0.15, 0.2) is 5.82 Å². The number of fused-ring (bicyclic) bond motifs is 1. The minimum Gasteiger partial charge on any atom is -0.406 e. The van der Waals surface area contributed by atoms with E-state index in [1.807, 2.05) is 17.5 Å². The van der Waals surface area contributed by atoms with Crippen LogP contribution >= 0.6 is 23.1 Å². The van der Waals surface area contributed by atoms with E-state index in [-0.39, 0.29) is 5.75 Å². The average Bonchev–Trinajstić information content (AvgIpc) is 3.22. The zero-order chi connectivity index (χ0) is 17.4. The van der Waals surface area contributed by atoms with Crippen molar-refractivity contribution in [3.63, 3.8) is 0 Å². The van der Waals surface area contributed by atoms with Gasteiger partial charge in [-0.05, 0) is 41.3 Å². The van der Waals surface area contributed by atoms with Gasteiger partial charge in [-0.2, -0.15) is 9.78 Å². The molecule has 0 spiro atoms. The molecule has 0 saturated heterocycles. The summed E-state index contributed by atoms with van der Waals surface area (Å²) in [6.07, 6.45) is -4.70. The Kier molecular flexibility index (Phi) is 4.00. The van der Waals surface area contributed by atoms with Crippen molar-refractivity contribution in [2.24, 2.45) is 5.10 Å². The molecule has 1 aliphatic rings. The number of ether oxygens (including phenoxy) is 1. The Morgan fingerprint density at radius 1 is 1.08 bits per heavy atom. The van der Waals surface area contributed by atoms with E-state index in [4.69, 9.17) is 0 Å². The highest BCUT2D eigenvalue weighted by Crippen LogP contribution is 2.31. The molecule has 3 heterocycles. The number of rotatable bonds is 3. The van der Waals surface area contributed by atoms with Crippen molar-refractivity contribution in [2.45, 2.75) is 11.5 Å². The van der Waals surface area contributed by atoms with Gasteiger partial charge in [-0.3, -0.25) is 0 Å². The first-order valence-electron chi connectivity index (χ1n) is 7.06. The minimum absolute atomic E-state index is 0.260. The smallest absolute Gasteiger partial charge is 0.406 e. The molecule has 0 bridgehead atoms. The molecule has 0 N–H and O–H groups in total. The van der Waals surface area contributed by atoms with Crippen molar-refractivity contribution < 1.29 is 17.9 Å². The molecule has 1 aliphatic heterocycles. The number of hydrogen-bond donors (Lipinski definition) is 0. The van der Waals surface area contributed by atoms with Crippen LogP contribution in [0.4, 0.5) is 13.2 Å². The maximum Gasteiger partial charge on any atom is 0.573 e. The van der Waals surface area contributed by atoms with E-state index in [1.165, 1.54) is 35.2 Å². The molecule has 10 heteroatoms. The van der Waals surface area contributed by atoms with Gasteiger partial charge in [-0.15, -0.1) is 34.7 Å². The fourth-order valence-electron chi connectivity index (χ4n) is 2.28. The van der Waals surface area contributed by atoms with Crippen LogP contribution in [0.3, 0.4) is 0 Å². The molecule has 0 radical (unpaired) electrons. The van der Waals surface area contributed by atoms with Gasteiger partial charge >= 0.3 is 6.36 Å². The molecule has 0 saturated carbocycles. The number of thioether (sulfide) groups is 1. The molecule has 3 aromatic rings. The highest BCUT2D eigenvalue weighted by atomic mass is 32.2. The molecule has 1 aromatic carbocycles. The minimum atomic E-state index is -4.70. The van der Waals surface area contributed by atoms with Crippen LogP contribution in [0.1, 0.15) is 5.56 Å². The second-order valence-corrected chi connectivity index (χ2v) is 6.89. The van der Waals surface area contributed by atoms with Crippen molar-refractivity contribution in [1.29, 1.82) is 0 Å². The lowest BCUT2D eigenvalue weighted by Crippen LogP contribution is -2.17. The van der Waals surface area contributed by atoms with Crippen LogP contribution in [-0.2, 0) is 0 Å². The Morgan fingerprint density at radius 3 is 2.56 bits per heavy atom. The number of alkyl halides is 3. The van der Waals surface area contributed by atoms with Crippen molar-refractivity contribution in [3.8, 4) is 16.5 Å². The number of thiophene rings is 1. The van der Waals surface area contributed by atoms with Crippen LogP contribution in [0.25, 0.3) is 10.7 Å². The maximum atomic E-state index is 12.2. The third kappa shape index (κ3) is 3.40. The van der Waals surface area contributed by atoms with Crippen molar-refractivity contribution >= 4 is 28.8 Å². The fourth-order valence-corrected chi connectivity index (χ4v) is 3.81. The Hall–Kier alpha value is -2.33. The summed E-state index contributed by atoms with van der Waals surface area (Å²) in [4.78, 5) is 0.943. The van der Waals surface area contributed by atoms with Gasteiger partial charge in [0.05, 0.1) is 10.6 Å². The molecular weight excluding hydrogens is 373 g/mol. The summed E-state index contributed by atoms with van der Waals surface area (Å²) in [7, 11) is 0. The summed E-state index contributed by atoms with van der Waals surface area (Å²) < 4.78 is 42.3. The van der Waals surface area contributed by atoms with Gasteiger partial charge in [0, 0.05) is 5.75 Å². The first-order chi connectivity index (χ1) is 12.0. The van der Waals surface area contributed by atoms with Gasteiger partial charge in [0.2, 0.25) is 5.16 Å². The number of benzene rings is 1. The lowest BCUT2D eigenvalue weighted by atomic mass is 10.1. The van der Waals surface area contributed by atoms with Crippen LogP contribution in [0, 0.1) is 0 Å². The van der Waals surface area contributed by atoms with Crippen molar-refractivity contribution in [3.05, 3.63) is 47.3 Å². The quantitative estimate of drug-likeness (QED) is 0.679. The van der Waals surface area contributed by atoms with Crippen molar-refractivity contribution in [1.82, 2.24) is 14.9 Å². The van der Waals surface area contributed by atoms with Crippen molar-refractivity contribution in [2.75, 3.05) is 5.75 Å². The molecule has 5 nitrogen and oxygen atoms in total. The summed E-state index contributed by atoms with van der Waals surface area (Å²) in [5.74, 6) is 0.943. The third-order valence-corrected chi connectivity index (χ3v) is 5.13. The second kappa shape index (κ2) is 6.19. The lowest BCUT2D eigenvalue weighted by molar-refractivity contribution is -0.274. The summed E-state index contributed by atoms with van der Waals surface area (Å²) in [5.41, 5.74) is 1.45. The molecule has 2 aromatic heterocycles. The number of hydrogen-bond acceptors (Lipinski definition) is 6. The molecule has 0 amide bonds. The maximum absolute atomic E-state index is 12.2. The van der Waals surface area contributed by atoms with Gasteiger partial charge in [-0.1, -0.05) is 17.8 Å². The first kappa shape index (κ1) is 16.2. The number of nitrogens with zero attached hydrogens (tertiary/aromatic N) is 4. The summed E-state index contributed by atoms with van der Waals surface area (Å²) in [5, 5.41) is 15.5. The SMILES string of the molecule is FC(F)(F)Oc1ccc(C2=Nn3c(nnc3-c3cccs3)SC2)cc1. The van der Waals surface area contributed by atoms with Crippen LogP contribution in [-0.4, -0.2) is 32.7 Å². The Bertz CT molecular complexity index is 917. The number of aromatic nitrogens is 3. The molecule has 0 fully saturated rings. The second-order valence-electron chi connectivity index (χ2n) is 5.00. The molecule has 4 rings (SSSR count). The van der Waals surface area contributed by atoms with E-state index in [9.17, 15) is 13.2 Å². The molecular formula is C15H9F3N4OS2. The molecule has 0 aliphatic carbocycles. The highest BCUT2D eigenvalue weighted by Gasteiger charge is 2.31. The van der Waals surface area contributed by atoms with Crippen LogP contribution in [0.2, 0.25) is 0 Å². The Labute approximate surface area is 148 Å². The first-order valence-corrected chi connectivity index (χ1v) is 8.92. The normalized spacial score (nSPS) is 14.1. The van der Waals surface area contributed by atoms with Gasteiger partial charge in [-0.25, -0.2) is 0 Å². The topological polar surface area (TPSA) is 52.3 Å². The van der Waals surface area contributed by atoms with E-state index in [2.05, 4.69) is 20.0 Å². The van der Waals surface area contributed by atoms with Gasteiger partial charge in [0.25, 0.3) is 0 Å². The fraction of sp³-hybridized carbons (Fsp3) is 0.133. The zero-order valence-electron chi connectivity index (χ0n) is 12.4. The predicted molar refractivity (Wildman–Crippen MR) is 89.1 cm³/mol. The summed E-state index contributed by atoms with van der Waals surface area (Å²) >= 11 is 3.01. The van der Waals surface area contributed by atoms with E-state index in [0.717, 1.165) is 16.2 Å². The van der Waals surface area contributed by atoms with E-state index in [0.29, 0.717) is 16.7 Å². The Morgan fingerprint density at radius 2 is 1.88 bits per heavy atom. The Balaban J connectivity index is 1.64. The molecule has 25 heavy (non-hydrogen) atoms. The average molecular weight is 382 g/mol. The van der Waals surface area contributed by atoms with Gasteiger partial charge in [0.1, 0.15) is 5.75 Å². The monoisotopic (exact) mass is 382 g/mol. The van der Waals surface area contributed by atoms with Gasteiger partial charge < -0.3 is 4.74 Å². The summed E-state index contributed by atoms with van der Waals surface area (Å²) in [6, 6.07) is 9.51. The zero-order valence-corrected chi connectivity index (χ0v) is 14.0. The predicted octanol–water partition coefficient (Wildman–Crippen LogP) is 4.26. The molecule has 0 atom stereocenters. The van der Waals surface area contributed by atoms with E-state index >= 15 is 0 Å².